The van der Waals surface area contributed by atoms with Crippen molar-refractivity contribution in [3.63, 3.8) is 0 Å². The Kier molecular flexibility index (Phi) is 6.04. The van der Waals surface area contributed by atoms with Crippen LogP contribution in [0.5, 0.6) is 0 Å². The van der Waals surface area contributed by atoms with Gasteiger partial charge in [-0.15, -0.1) is 11.8 Å². The first-order chi connectivity index (χ1) is 11.0. The zero-order valence-electron chi connectivity index (χ0n) is 13.2. The molecule has 7 heteroatoms. The molecule has 124 valence electrons. The van der Waals surface area contributed by atoms with Gasteiger partial charge in [-0.2, -0.15) is 0 Å². The summed E-state index contributed by atoms with van der Waals surface area (Å²) in [7, 11) is 0. The van der Waals surface area contributed by atoms with Crippen molar-refractivity contribution in [2.24, 2.45) is 0 Å². The SMILES string of the molecule is CCOC(=O)CSCC(=O)N1c2ccccc2NC(=O)C[C@@H]1C. The van der Waals surface area contributed by atoms with Crippen molar-refractivity contribution in [3.8, 4) is 0 Å². The van der Waals surface area contributed by atoms with E-state index >= 15 is 0 Å². The lowest BCUT2D eigenvalue weighted by Gasteiger charge is -2.27. The minimum absolute atomic E-state index is 0.112. The molecule has 6 nitrogen and oxygen atoms in total. The van der Waals surface area contributed by atoms with Crippen LogP contribution in [-0.2, 0) is 19.1 Å². The molecule has 1 aliphatic heterocycles. The number of esters is 1. The Hall–Kier alpha value is -2.02. The van der Waals surface area contributed by atoms with Gasteiger partial charge in [-0.05, 0) is 26.0 Å². The Bertz CT molecular complexity index is 605. The van der Waals surface area contributed by atoms with Gasteiger partial charge in [0.05, 0.1) is 29.5 Å². The van der Waals surface area contributed by atoms with E-state index in [1.165, 1.54) is 11.8 Å². The van der Waals surface area contributed by atoms with Crippen LogP contribution in [-0.4, -0.2) is 41.9 Å². The summed E-state index contributed by atoms with van der Waals surface area (Å²) in [5, 5.41) is 2.81. The molecule has 0 radical (unpaired) electrons. The molecule has 1 aliphatic rings. The topological polar surface area (TPSA) is 75.7 Å². The van der Waals surface area contributed by atoms with Gasteiger partial charge in [0.15, 0.2) is 0 Å². The van der Waals surface area contributed by atoms with Gasteiger partial charge in [0.2, 0.25) is 11.8 Å². The van der Waals surface area contributed by atoms with Crippen LogP contribution < -0.4 is 10.2 Å². The Morgan fingerprint density at radius 1 is 1.35 bits per heavy atom. The third-order valence-electron chi connectivity index (χ3n) is 3.38. The molecular formula is C16H20N2O4S. The van der Waals surface area contributed by atoms with Gasteiger partial charge in [0, 0.05) is 12.5 Å². The van der Waals surface area contributed by atoms with E-state index in [0.717, 1.165) is 0 Å². The normalized spacial score (nSPS) is 17.0. The summed E-state index contributed by atoms with van der Waals surface area (Å²) in [5.74, 6) is -0.270. The van der Waals surface area contributed by atoms with Crippen molar-refractivity contribution in [1.82, 2.24) is 0 Å². The summed E-state index contributed by atoms with van der Waals surface area (Å²) in [6.45, 7) is 3.92. The van der Waals surface area contributed by atoms with E-state index in [-0.39, 0.29) is 41.8 Å². The fourth-order valence-corrected chi connectivity index (χ4v) is 3.13. The Morgan fingerprint density at radius 3 is 2.83 bits per heavy atom. The predicted octanol–water partition coefficient (Wildman–Crippen LogP) is 2.05. The molecule has 0 spiro atoms. The summed E-state index contributed by atoms with van der Waals surface area (Å²) in [5.41, 5.74) is 1.32. The fraction of sp³-hybridized carbons (Fsp3) is 0.438. The molecule has 2 rings (SSSR count). The standard InChI is InChI=1S/C16H20N2O4S/c1-3-22-16(21)10-23-9-15(20)18-11(2)8-14(19)17-12-6-4-5-7-13(12)18/h4-7,11H,3,8-10H2,1-2H3,(H,17,19)/t11-/m0/s1. The van der Waals surface area contributed by atoms with E-state index in [4.69, 9.17) is 4.74 Å². The molecule has 1 aromatic rings. The van der Waals surface area contributed by atoms with E-state index < -0.39 is 0 Å². The number of anilines is 2. The van der Waals surface area contributed by atoms with Crippen molar-refractivity contribution in [2.75, 3.05) is 28.3 Å². The number of carbonyl (C=O) groups is 3. The molecular weight excluding hydrogens is 316 g/mol. The molecule has 2 amide bonds. The molecule has 1 heterocycles. The highest BCUT2D eigenvalue weighted by Crippen LogP contribution is 2.31. The van der Waals surface area contributed by atoms with Crippen LogP contribution in [0, 0.1) is 0 Å². The summed E-state index contributed by atoms with van der Waals surface area (Å²) < 4.78 is 4.84. The second-order valence-corrected chi connectivity index (χ2v) is 6.17. The molecule has 1 N–H and O–H groups in total. The molecule has 1 aromatic carbocycles. The number of nitrogens with one attached hydrogen (secondary N) is 1. The number of thioether (sulfide) groups is 1. The molecule has 0 aromatic heterocycles. The third-order valence-corrected chi connectivity index (χ3v) is 4.27. The van der Waals surface area contributed by atoms with Crippen molar-refractivity contribution in [3.05, 3.63) is 24.3 Å². The average Bonchev–Trinajstić information content (AvgIpc) is 2.61. The monoisotopic (exact) mass is 336 g/mol. The lowest BCUT2D eigenvalue weighted by Crippen LogP contribution is -2.40. The van der Waals surface area contributed by atoms with E-state index in [0.29, 0.717) is 18.0 Å². The number of hydrogen-bond donors (Lipinski definition) is 1. The molecule has 0 saturated heterocycles. The van der Waals surface area contributed by atoms with Gasteiger partial charge in [0.1, 0.15) is 0 Å². The number of benzene rings is 1. The van der Waals surface area contributed by atoms with Crippen molar-refractivity contribution in [2.45, 2.75) is 26.3 Å². The highest BCUT2D eigenvalue weighted by Gasteiger charge is 2.29. The third kappa shape index (κ3) is 4.48. The highest BCUT2D eigenvalue weighted by molar-refractivity contribution is 8.00. The van der Waals surface area contributed by atoms with Gasteiger partial charge in [-0.3, -0.25) is 14.4 Å². The maximum Gasteiger partial charge on any atom is 0.315 e. The van der Waals surface area contributed by atoms with Crippen molar-refractivity contribution < 1.29 is 19.1 Å². The number of amides is 2. The van der Waals surface area contributed by atoms with Crippen LogP contribution in [0.4, 0.5) is 11.4 Å². The van der Waals surface area contributed by atoms with Crippen LogP contribution in [0.1, 0.15) is 20.3 Å². The number of fused-ring (bicyclic) bond motifs is 1. The highest BCUT2D eigenvalue weighted by atomic mass is 32.2. The minimum Gasteiger partial charge on any atom is -0.465 e. The number of ether oxygens (including phenoxy) is 1. The quantitative estimate of drug-likeness (QED) is 0.833. The summed E-state index contributed by atoms with van der Waals surface area (Å²) in [6.07, 6.45) is 0.239. The lowest BCUT2D eigenvalue weighted by molar-refractivity contribution is -0.139. The Labute approximate surface area is 139 Å². The maximum atomic E-state index is 12.6. The first kappa shape index (κ1) is 17.3. The molecule has 0 bridgehead atoms. The summed E-state index contributed by atoms with van der Waals surface area (Å²) >= 11 is 1.22. The lowest BCUT2D eigenvalue weighted by atomic mass is 10.2. The van der Waals surface area contributed by atoms with Gasteiger partial charge < -0.3 is 15.0 Å². The fourth-order valence-electron chi connectivity index (χ4n) is 2.46. The smallest absolute Gasteiger partial charge is 0.315 e. The number of rotatable bonds is 5. The first-order valence-electron chi connectivity index (χ1n) is 7.47. The Balaban J connectivity index is 2.08. The number of hydrogen-bond acceptors (Lipinski definition) is 5. The second-order valence-electron chi connectivity index (χ2n) is 5.18. The van der Waals surface area contributed by atoms with Crippen LogP contribution in [0.15, 0.2) is 24.3 Å². The van der Waals surface area contributed by atoms with Crippen molar-refractivity contribution >= 4 is 40.9 Å². The average molecular weight is 336 g/mol. The largest absolute Gasteiger partial charge is 0.465 e. The summed E-state index contributed by atoms with van der Waals surface area (Å²) in [6, 6.07) is 6.99. The second kappa shape index (κ2) is 8.01. The van der Waals surface area contributed by atoms with E-state index in [9.17, 15) is 14.4 Å². The van der Waals surface area contributed by atoms with Crippen LogP contribution in [0.25, 0.3) is 0 Å². The number of carbonyl (C=O) groups excluding carboxylic acids is 3. The minimum atomic E-state index is -0.327. The molecule has 1 atom stereocenters. The molecule has 0 fully saturated rings. The van der Waals surface area contributed by atoms with Gasteiger partial charge in [0.25, 0.3) is 0 Å². The Morgan fingerprint density at radius 2 is 2.09 bits per heavy atom. The molecule has 0 saturated carbocycles. The van der Waals surface area contributed by atoms with Crippen LogP contribution in [0.3, 0.4) is 0 Å². The maximum absolute atomic E-state index is 12.6. The molecule has 23 heavy (non-hydrogen) atoms. The zero-order valence-corrected chi connectivity index (χ0v) is 14.0. The molecule has 0 unspecified atom stereocenters. The van der Waals surface area contributed by atoms with Crippen LogP contribution in [0.2, 0.25) is 0 Å². The summed E-state index contributed by atoms with van der Waals surface area (Å²) in [4.78, 5) is 37.4. The molecule has 0 aliphatic carbocycles. The number of para-hydroxylation sites is 2. The van der Waals surface area contributed by atoms with E-state index in [1.807, 2.05) is 25.1 Å². The zero-order chi connectivity index (χ0) is 16.8. The number of nitrogens with zero attached hydrogens (tertiary/aromatic N) is 1. The first-order valence-corrected chi connectivity index (χ1v) is 8.62. The van der Waals surface area contributed by atoms with Crippen molar-refractivity contribution in [1.29, 1.82) is 0 Å². The van der Waals surface area contributed by atoms with Crippen LogP contribution >= 0.6 is 11.8 Å². The van der Waals surface area contributed by atoms with Gasteiger partial charge >= 0.3 is 5.97 Å². The predicted molar refractivity (Wildman–Crippen MR) is 90.6 cm³/mol. The van der Waals surface area contributed by atoms with Gasteiger partial charge in [-0.1, -0.05) is 12.1 Å². The van der Waals surface area contributed by atoms with E-state index in [2.05, 4.69) is 5.32 Å². The van der Waals surface area contributed by atoms with Gasteiger partial charge in [-0.25, -0.2) is 0 Å². The van der Waals surface area contributed by atoms with E-state index in [1.54, 1.807) is 17.9 Å².